The number of methoxy groups -OCH3 is 1. The smallest absolute Gasteiger partial charge is 0.376 e. The molecule has 1 aromatic carbocycles. The van der Waals surface area contributed by atoms with Crippen molar-refractivity contribution < 1.29 is 29.0 Å². The zero-order valence-electron chi connectivity index (χ0n) is 15.5. The number of ketones is 1. The first-order chi connectivity index (χ1) is 13.3. The van der Waals surface area contributed by atoms with Crippen LogP contribution in [0.5, 0.6) is 0 Å². The number of carboxylic acid groups (broad SMARTS) is 1. The molecule has 1 aliphatic rings. The van der Waals surface area contributed by atoms with E-state index in [9.17, 15) is 19.5 Å². The van der Waals surface area contributed by atoms with Gasteiger partial charge >= 0.3 is 11.9 Å². The highest BCUT2D eigenvalue weighted by atomic mass is 35.5. The summed E-state index contributed by atoms with van der Waals surface area (Å²) in [5.74, 6) is -4.55. The number of hydrogen-bond donors (Lipinski definition) is 3. The van der Waals surface area contributed by atoms with Crippen LogP contribution in [0.15, 0.2) is 46.8 Å². The molecular formula is C19H21ClN2O6. The van der Waals surface area contributed by atoms with E-state index in [4.69, 9.17) is 26.8 Å². The Morgan fingerprint density at radius 2 is 1.93 bits per heavy atom. The van der Waals surface area contributed by atoms with Crippen molar-refractivity contribution >= 4 is 29.3 Å². The Hall–Kier alpha value is -2.68. The maximum atomic E-state index is 12.6. The van der Waals surface area contributed by atoms with E-state index in [-0.39, 0.29) is 41.6 Å². The molecule has 150 valence electrons. The molecule has 2 rings (SSSR count). The number of esters is 1. The van der Waals surface area contributed by atoms with E-state index in [2.05, 4.69) is 5.32 Å². The third kappa shape index (κ3) is 4.41. The fourth-order valence-electron chi connectivity index (χ4n) is 3.05. The molecule has 28 heavy (non-hydrogen) atoms. The van der Waals surface area contributed by atoms with Crippen molar-refractivity contribution in [3.8, 4) is 0 Å². The number of carbonyl (C=O) groups is 3. The van der Waals surface area contributed by atoms with E-state index in [1.54, 1.807) is 31.2 Å². The Bertz CT molecular complexity index is 862. The van der Waals surface area contributed by atoms with Gasteiger partial charge in [-0.15, -0.1) is 0 Å². The predicted molar refractivity (Wildman–Crippen MR) is 102 cm³/mol. The van der Waals surface area contributed by atoms with Crippen molar-refractivity contribution in [1.29, 1.82) is 0 Å². The van der Waals surface area contributed by atoms with E-state index < -0.39 is 23.6 Å². The highest BCUT2D eigenvalue weighted by molar-refractivity contribution is 6.41. The number of nitrogens with two attached hydrogens (primary N) is 1. The molecule has 1 unspecified atom stereocenters. The van der Waals surface area contributed by atoms with E-state index in [1.807, 2.05) is 0 Å². The second-order valence-electron chi connectivity index (χ2n) is 5.98. The monoisotopic (exact) mass is 408 g/mol. The fourth-order valence-corrected chi connectivity index (χ4v) is 3.30. The summed E-state index contributed by atoms with van der Waals surface area (Å²) >= 11 is 6.32. The molecule has 0 saturated heterocycles. The molecule has 1 atom stereocenters. The molecule has 0 aromatic heterocycles. The number of ether oxygens (including phenoxy) is 2. The number of nitrogens with one attached hydrogen (secondary N) is 1. The first-order valence-electron chi connectivity index (χ1n) is 8.42. The average Bonchev–Trinajstić information content (AvgIpc) is 2.67. The SMILES string of the molecule is COC(=O)C1=C(C)NC(COCCN)=C(C(=O)C(=O)O)C1c1ccccc1Cl. The molecule has 1 aromatic rings. The van der Waals surface area contributed by atoms with Crippen molar-refractivity contribution in [2.75, 3.05) is 26.9 Å². The number of carbonyl (C=O) groups excluding carboxylic acids is 2. The summed E-state index contributed by atoms with van der Waals surface area (Å²) in [5, 5.41) is 12.6. The van der Waals surface area contributed by atoms with Gasteiger partial charge in [0.2, 0.25) is 0 Å². The quantitative estimate of drug-likeness (QED) is 0.334. The molecule has 0 fully saturated rings. The molecule has 0 amide bonds. The van der Waals surface area contributed by atoms with Crippen molar-refractivity contribution in [2.45, 2.75) is 12.8 Å². The third-order valence-electron chi connectivity index (χ3n) is 4.21. The van der Waals surface area contributed by atoms with Gasteiger partial charge in [0.05, 0.1) is 31.8 Å². The molecule has 1 heterocycles. The molecule has 0 saturated carbocycles. The summed E-state index contributed by atoms with van der Waals surface area (Å²) in [7, 11) is 1.20. The number of dihydropyridines is 1. The van der Waals surface area contributed by atoms with E-state index >= 15 is 0 Å². The highest BCUT2D eigenvalue weighted by Crippen LogP contribution is 2.41. The Kier molecular flexibility index (Phi) is 7.33. The van der Waals surface area contributed by atoms with E-state index in [0.717, 1.165) is 0 Å². The van der Waals surface area contributed by atoms with Crippen LogP contribution in [-0.4, -0.2) is 49.7 Å². The average molecular weight is 409 g/mol. The number of halogens is 1. The zero-order valence-corrected chi connectivity index (χ0v) is 16.2. The van der Waals surface area contributed by atoms with Gasteiger partial charge in [0.1, 0.15) is 0 Å². The van der Waals surface area contributed by atoms with Crippen LogP contribution in [0.4, 0.5) is 0 Å². The van der Waals surface area contributed by atoms with Crippen molar-refractivity contribution in [3.05, 3.63) is 57.4 Å². The van der Waals surface area contributed by atoms with Crippen molar-refractivity contribution in [2.24, 2.45) is 5.73 Å². The summed E-state index contributed by atoms with van der Waals surface area (Å²) in [6.45, 7) is 2.01. The Balaban J connectivity index is 2.73. The lowest BCUT2D eigenvalue weighted by Crippen LogP contribution is -2.36. The standard InChI is InChI=1S/C19H21ClN2O6/c1-10-14(19(26)27-2)15(11-5-3-4-6-12(11)20)16(17(23)18(24)25)13(22-10)9-28-8-7-21/h3-6,15,22H,7-9,21H2,1-2H3,(H,24,25). The van der Waals surface area contributed by atoms with E-state index in [1.165, 1.54) is 7.11 Å². The summed E-state index contributed by atoms with van der Waals surface area (Å²) < 4.78 is 10.3. The van der Waals surface area contributed by atoms with Gasteiger partial charge in [-0.1, -0.05) is 29.8 Å². The third-order valence-corrected chi connectivity index (χ3v) is 4.56. The minimum Gasteiger partial charge on any atom is -0.475 e. The van der Waals surface area contributed by atoms with Crippen LogP contribution in [0.2, 0.25) is 5.02 Å². The summed E-state index contributed by atoms with van der Waals surface area (Å²) in [6.07, 6.45) is 0. The lowest BCUT2D eigenvalue weighted by Gasteiger charge is -2.31. The second kappa shape index (κ2) is 9.50. The molecule has 0 radical (unpaired) electrons. The molecule has 8 nitrogen and oxygen atoms in total. The first kappa shape index (κ1) is 21.6. The first-order valence-corrected chi connectivity index (χ1v) is 8.80. The molecule has 0 bridgehead atoms. The van der Waals surface area contributed by atoms with Crippen molar-refractivity contribution in [1.82, 2.24) is 5.32 Å². The second-order valence-corrected chi connectivity index (χ2v) is 6.38. The lowest BCUT2D eigenvalue weighted by molar-refractivity contribution is -0.147. The van der Waals surface area contributed by atoms with Crippen LogP contribution in [0.1, 0.15) is 18.4 Å². The topological polar surface area (TPSA) is 128 Å². The van der Waals surface area contributed by atoms with Gasteiger partial charge in [0, 0.05) is 28.5 Å². The molecule has 0 aliphatic carbocycles. The van der Waals surface area contributed by atoms with Gasteiger partial charge in [0.15, 0.2) is 0 Å². The molecule has 0 spiro atoms. The van der Waals surface area contributed by atoms with Gasteiger partial charge in [-0.05, 0) is 18.6 Å². The molecule has 9 heteroatoms. The minimum atomic E-state index is -1.66. The summed E-state index contributed by atoms with van der Waals surface area (Å²) in [6, 6.07) is 6.59. The maximum Gasteiger partial charge on any atom is 0.376 e. The van der Waals surface area contributed by atoms with E-state index in [0.29, 0.717) is 11.3 Å². The molecular weight excluding hydrogens is 388 g/mol. The van der Waals surface area contributed by atoms with Crippen LogP contribution in [0.25, 0.3) is 0 Å². The van der Waals surface area contributed by atoms with Gasteiger partial charge < -0.3 is 25.6 Å². The lowest BCUT2D eigenvalue weighted by atomic mass is 9.78. The number of aliphatic carboxylic acids is 1. The molecule has 1 aliphatic heterocycles. The van der Waals surface area contributed by atoms with Crippen molar-refractivity contribution in [3.63, 3.8) is 0 Å². The Labute approximate surface area is 166 Å². The minimum absolute atomic E-state index is 0.0850. The van der Waals surface area contributed by atoms with Crippen LogP contribution < -0.4 is 11.1 Å². The summed E-state index contributed by atoms with van der Waals surface area (Å²) in [4.78, 5) is 36.6. The van der Waals surface area contributed by atoms with Crippen LogP contribution in [-0.2, 0) is 23.9 Å². The van der Waals surface area contributed by atoms with Gasteiger partial charge in [-0.2, -0.15) is 0 Å². The fraction of sp³-hybridized carbons (Fsp3) is 0.316. The Morgan fingerprint density at radius 1 is 1.25 bits per heavy atom. The number of benzene rings is 1. The zero-order chi connectivity index (χ0) is 20.8. The van der Waals surface area contributed by atoms with Crippen LogP contribution in [0, 0.1) is 0 Å². The van der Waals surface area contributed by atoms with Crippen LogP contribution in [0.3, 0.4) is 0 Å². The predicted octanol–water partition coefficient (Wildman–Crippen LogP) is 1.36. The van der Waals surface area contributed by atoms with Gasteiger partial charge in [-0.3, -0.25) is 4.79 Å². The van der Waals surface area contributed by atoms with Gasteiger partial charge in [0.25, 0.3) is 5.78 Å². The largest absolute Gasteiger partial charge is 0.475 e. The van der Waals surface area contributed by atoms with Crippen LogP contribution >= 0.6 is 11.6 Å². The number of hydrogen-bond acceptors (Lipinski definition) is 7. The highest BCUT2D eigenvalue weighted by Gasteiger charge is 2.40. The number of allylic oxidation sites excluding steroid dienone is 1. The Morgan fingerprint density at radius 3 is 2.50 bits per heavy atom. The molecule has 4 N–H and O–H groups in total. The number of carboxylic acids is 1. The van der Waals surface area contributed by atoms with Gasteiger partial charge in [-0.25, -0.2) is 9.59 Å². The number of rotatable bonds is 8. The number of Topliss-reactive ketones (excluding diaryl/α,β-unsaturated/α-hetero) is 1. The normalized spacial score (nSPS) is 16.6. The maximum absolute atomic E-state index is 12.6. The summed E-state index contributed by atoms with van der Waals surface area (Å²) in [5.41, 5.74) is 6.43.